The number of anilines is 1. The molecule has 2 aromatic rings. The molecule has 2 aliphatic heterocycles. The lowest BCUT2D eigenvalue weighted by Gasteiger charge is -2.37. The van der Waals surface area contributed by atoms with E-state index in [-0.39, 0.29) is 36.6 Å². The van der Waals surface area contributed by atoms with E-state index in [4.69, 9.17) is 4.74 Å². The Labute approximate surface area is 219 Å². The second kappa shape index (κ2) is 11.1. The van der Waals surface area contributed by atoms with E-state index in [2.05, 4.69) is 4.90 Å². The SMILES string of the molecule is CCN1CCN(S(=O)(=O)c2ccc(OC)c(N3CCN(C(=O)c4cc(F)cc(C(F)(F)F)c4)CC3)c2)CC1. The number of halogens is 4. The number of carbonyl (C=O) groups excluding carboxylic acids is 1. The maximum absolute atomic E-state index is 13.8. The minimum atomic E-state index is -4.78. The van der Waals surface area contributed by atoms with Crippen LogP contribution in [-0.2, 0) is 16.2 Å². The number of piperazine rings is 2. The van der Waals surface area contributed by atoms with Crippen LogP contribution in [-0.4, -0.2) is 94.4 Å². The predicted octanol–water partition coefficient (Wildman–Crippen LogP) is 3.14. The molecule has 1 amide bonds. The van der Waals surface area contributed by atoms with Gasteiger partial charge in [0.15, 0.2) is 0 Å². The molecule has 0 aromatic heterocycles. The van der Waals surface area contributed by atoms with Gasteiger partial charge in [0.05, 0.1) is 23.3 Å². The summed E-state index contributed by atoms with van der Waals surface area (Å²) in [5.41, 5.74) is -1.06. The van der Waals surface area contributed by atoms with Crippen molar-refractivity contribution in [3.05, 3.63) is 53.3 Å². The Bertz CT molecular complexity index is 1270. The van der Waals surface area contributed by atoms with Gasteiger partial charge in [-0.05, 0) is 42.9 Å². The lowest BCUT2D eigenvalue weighted by molar-refractivity contribution is -0.137. The number of nitrogens with zero attached hydrogens (tertiary/aromatic N) is 4. The van der Waals surface area contributed by atoms with Crippen LogP contribution in [0.2, 0.25) is 0 Å². The molecule has 208 valence electrons. The first kappa shape index (κ1) is 28.1. The molecule has 2 aliphatic rings. The van der Waals surface area contributed by atoms with Crippen LogP contribution < -0.4 is 9.64 Å². The number of methoxy groups -OCH3 is 1. The number of likely N-dealkylation sites (N-methyl/N-ethyl adjacent to an activating group) is 1. The average Bonchev–Trinajstić information content (AvgIpc) is 2.91. The summed E-state index contributed by atoms with van der Waals surface area (Å²) in [5.74, 6) is -1.38. The Hall–Kier alpha value is -2.90. The van der Waals surface area contributed by atoms with Gasteiger partial charge in [0.2, 0.25) is 10.0 Å². The van der Waals surface area contributed by atoms with Crippen molar-refractivity contribution < 1.29 is 35.5 Å². The van der Waals surface area contributed by atoms with E-state index in [1.165, 1.54) is 22.4 Å². The minimum absolute atomic E-state index is 0.135. The number of benzene rings is 2. The van der Waals surface area contributed by atoms with E-state index in [0.29, 0.717) is 49.7 Å². The molecule has 13 heteroatoms. The van der Waals surface area contributed by atoms with Crippen LogP contribution in [0.25, 0.3) is 0 Å². The summed E-state index contributed by atoms with van der Waals surface area (Å²) in [6, 6.07) is 6.45. The highest BCUT2D eigenvalue weighted by Gasteiger charge is 2.34. The largest absolute Gasteiger partial charge is 0.495 e. The van der Waals surface area contributed by atoms with Crippen molar-refractivity contribution in [2.24, 2.45) is 0 Å². The topological polar surface area (TPSA) is 73.4 Å². The van der Waals surface area contributed by atoms with Crippen LogP contribution in [0.3, 0.4) is 0 Å². The monoisotopic (exact) mass is 558 g/mol. The van der Waals surface area contributed by atoms with Gasteiger partial charge in [-0.1, -0.05) is 6.92 Å². The number of hydrogen-bond donors (Lipinski definition) is 0. The van der Waals surface area contributed by atoms with E-state index in [9.17, 15) is 30.8 Å². The molecule has 4 rings (SSSR count). The Balaban J connectivity index is 1.50. The number of carbonyl (C=O) groups is 1. The highest BCUT2D eigenvalue weighted by Crippen LogP contribution is 2.34. The highest BCUT2D eigenvalue weighted by atomic mass is 32.2. The van der Waals surface area contributed by atoms with Gasteiger partial charge in [0, 0.05) is 57.9 Å². The van der Waals surface area contributed by atoms with Gasteiger partial charge in [-0.3, -0.25) is 4.79 Å². The van der Waals surface area contributed by atoms with E-state index >= 15 is 0 Å². The highest BCUT2D eigenvalue weighted by molar-refractivity contribution is 7.89. The summed E-state index contributed by atoms with van der Waals surface area (Å²) in [4.78, 5) is 18.4. The third kappa shape index (κ3) is 5.89. The summed E-state index contributed by atoms with van der Waals surface area (Å²) in [6.45, 7) is 5.86. The van der Waals surface area contributed by atoms with Gasteiger partial charge in [0.1, 0.15) is 11.6 Å². The molecule has 0 radical (unpaired) electrons. The molecule has 38 heavy (non-hydrogen) atoms. The third-order valence-corrected chi connectivity index (χ3v) is 8.84. The molecule has 2 heterocycles. The summed E-state index contributed by atoms with van der Waals surface area (Å²) < 4.78 is 86.6. The summed E-state index contributed by atoms with van der Waals surface area (Å²) >= 11 is 0. The zero-order chi connectivity index (χ0) is 27.7. The molecule has 0 atom stereocenters. The lowest BCUT2D eigenvalue weighted by atomic mass is 10.1. The quantitative estimate of drug-likeness (QED) is 0.508. The Morgan fingerprint density at radius 3 is 2.18 bits per heavy atom. The van der Waals surface area contributed by atoms with Crippen LogP contribution in [0.4, 0.5) is 23.2 Å². The second-order valence-electron chi connectivity index (χ2n) is 9.18. The molecule has 8 nitrogen and oxygen atoms in total. The molecule has 0 aliphatic carbocycles. The van der Waals surface area contributed by atoms with Crippen LogP contribution in [0.15, 0.2) is 41.3 Å². The fourth-order valence-electron chi connectivity index (χ4n) is 4.72. The van der Waals surface area contributed by atoms with Crippen molar-refractivity contribution in [3.63, 3.8) is 0 Å². The Kier molecular flexibility index (Phi) is 8.19. The number of hydrogen-bond acceptors (Lipinski definition) is 6. The molecule has 2 fully saturated rings. The van der Waals surface area contributed by atoms with Crippen molar-refractivity contribution in [1.82, 2.24) is 14.1 Å². The first-order valence-electron chi connectivity index (χ1n) is 12.3. The maximum atomic E-state index is 13.8. The smallest absolute Gasteiger partial charge is 0.416 e. The summed E-state index contributed by atoms with van der Waals surface area (Å²) in [6.07, 6.45) is -4.78. The number of rotatable bonds is 6. The molecule has 2 saturated heterocycles. The van der Waals surface area contributed by atoms with Crippen molar-refractivity contribution in [3.8, 4) is 5.75 Å². The molecule has 0 spiro atoms. The Morgan fingerprint density at radius 2 is 1.61 bits per heavy atom. The van der Waals surface area contributed by atoms with Gasteiger partial charge >= 0.3 is 6.18 Å². The molecule has 2 aromatic carbocycles. The summed E-state index contributed by atoms with van der Waals surface area (Å²) in [7, 11) is -2.26. The van der Waals surface area contributed by atoms with Crippen LogP contribution >= 0.6 is 0 Å². The van der Waals surface area contributed by atoms with Crippen LogP contribution in [0, 0.1) is 5.82 Å². The zero-order valence-electron chi connectivity index (χ0n) is 21.2. The van der Waals surface area contributed by atoms with Crippen molar-refractivity contribution in [1.29, 1.82) is 0 Å². The summed E-state index contributed by atoms with van der Waals surface area (Å²) in [5, 5.41) is 0. The molecule has 0 N–H and O–H groups in total. The van der Waals surface area contributed by atoms with Crippen molar-refractivity contribution in [2.75, 3.05) is 70.9 Å². The average molecular weight is 559 g/mol. The molecule has 0 saturated carbocycles. The predicted molar refractivity (Wildman–Crippen MR) is 133 cm³/mol. The number of alkyl halides is 3. The van der Waals surface area contributed by atoms with E-state index in [0.717, 1.165) is 12.6 Å². The first-order chi connectivity index (χ1) is 17.9. The lowest BCUT2D eigenvalue weighted by Crippen LogP contribution is -2.49. The fraction of sp³-hybridized carbons (Fsp3) is 0.480. The van der Waals surface area contributed by atoms with Gasteiger partial charge in [0.25, 0.3) is 5.91 Å². The fourth-order valence-corrected chi connectivity index (χ4v) is 6.17. The normalized spacial score (nSPS) is 18.1. The number of ether oxygens (including phenoxy) is 1. The van der Waals surface area contributed by atoms with Crippen LogP contribution in [0.5, 0.6) is 5.75 Å². The minimum Gasteiger partial charge on any atom is -0.495 e. The Morgan fingerprint density at radius 1 is 0.947 bits per heavy atom. The van der Waals surface area contributed by atoms with Crippen LogP contribution in [0.1, 0.15) is 22.8 Å². The molecule has 0 unspecified atom stereocenters. The third-order valence-electron chi connectivity index (χ3n) is 6.95. The van der Waals surface area contributed by atoms with Crippen molar-refractivity contribution in [2.45, 2.75) is 18.0 Å². The second-order valence-corrected chi connectivity index (χ2v) is 11.1. The van der Waals surface area contributed by atoms with Gasteiger partial charge in [-0.15, -0.1) is 0 Å². The van der Waals surface area contributed by atoms with Gasteiger partial charge < -0.3 is 19.4 Å². The maximum Gasteiger partial charge on any atom is 0.416 e. The van der Waals surface area contributed by atoms with Gasteiger partial charge in [-0.2, -0.15) is 17.5 Å². The van der Waals surface area contributed by atoms with Gasteiger partial charge in [-0.25, -0.2) is 12.8 Å². The van der Waals surface area contributed by atoms with Crippen molar-refractivity contribution >= 4 is 21.6 Å². The first-order valence-corrected chi connectivity index (χ1v) is 13.7. The standard InChI is InChI=1S/C25H30F4N4O4S/c1-3-30-6-12-33(13-7-30)38(35,36)21-4-5-23(37-2)22(17-21)31-8-10-32(11-9-31)24(34)18-14-19(25(27,28)29)16-20(26)15-18/h4-5,14-17H,3,6-13H2,1-2H3. The zero-order valence-corrected chi connectivity index (χ0v) is 22.0. The molecular formula is C25H30F4N4O4S. The van der Waals surface area contributed by atoms with E-state index in [1.807, 2.05) is 11.8 Å². The number of amides is 1. The van der Waals surface area contributed by atoms with E-state index < -0.39 is 33.5 Å². The van der Waals surface area contributed by atoms with E-state index in [1.54, 1.807) is 12.1 Å². The number of sulfonamides is 1. The molecular weight excluding hydrogens is 528 g/mol. The molecule has 0 bridgehead atoms.